The van der Waals surface area contributed by atoms with E-state index in [0.29, 0.717) is 5.02 Å². The molecule has 0 aliphatic heterocycles. The van der Waals surface area contributed by atoms with Gasteiger partial charge in [0.15, 0.2) is 0 Å². The van der Waals surface area contributed by atoms with Crippen molar-refractivity contribution in [2.24, 2.45) is 0 Å². The Balaban J connectivity index is 0.00000121. The van der Waals surface area contributed by atoms with E-state index in [0.717, 1.165) is 0 Å². The third kappa shape index (κ3) is 2.96. The van der Waals surface area contributed by atoms with Crippen molar-refractivity contribution in [3.8, 4) is 0 Å². The fourth-order valence-corrected chi connectivity index (χ4v) is 1.15. The molecular weight excluding hydrogens is 210 g/mol. The van der Waals surface area contributed by atoms with Crippen molar-refractivity contribution in [3.63, 3.8) is 0 Å². The first kappa shape index (κ1) is 12.3. The number of halogens is 2. The Labute approximate surface area is 102 Å². The van der Waals surface area contributed by atoms with Crippen LogP contribution in [0.3, 0.4) is 0 Å². The van der Waals surface area contributed by atoms with Crippen LogP contribution in [0, 0.1) is 0 Å². The second-order valence-electron chi connectivity index (χ2n) is 1.93. The van der Waals surface area contributed by atoms with Crippen LogP contribution in [0.1, 0.15) is 10.4 Å². The van der Waals surface area contributed by atoms with Gasteiger partial charge < -0.3 is 5.11 Å². The first-order valence-electron chi connectivity index (χ1n) is 2.79. The van der Waals surface area contributed by atoms with Gasteiger partial charge in [0.05, 0.1) is 10.6 Å². The number of carboxylic acids is 1. The summed E-state index contributed by atoms with van der Waals surface area (Å²) in [5.74, 6) is -1.05. The van der Waals surface area contributed by atoms with Gasteiger partial charge in [-0.2, -0.15) is 0 Å². The monoisotopic (exact) mass is 214 g/mol. The zero-order valence-corrected chi connectivity index (χ0v) is 6.86. The van der Waals surface area contributed by atoms with Gasteiger partial charge in [0.25, 0.3) is 0 Å². The van der Waals surface area contributed by atoms with E-state index in [4.69, 9.17) is 28.3 Å². The standard InChI is InChI=1S/C7H4Cl2O2.Na.H/c8-4-1-2-5(7(10)11)6(9)3-4;;/h1-3H,(H,10,11);;. The number of aromatic carboxylic acids is 1. The van der Waals surface area contributed by atoms with Gasteiger partial charge in [-0.25, -0.2) is 4.79 Å². The Hall–Kier alpha value is 0.270. The summed E-state index contributed by atoms with van der Waals surface area (Å²) in [6.45, 7) is 0. The Morgan fingerprint density at radius 1 is 1.33 bits per heavy atom. The van der Waals surface area contributed by atoms with Crippen LogP contribution in [0.15, 0.2) is 18.2 Å². The number of carbonyl (C=O) groups is 1. The molecular formula is C7H5Cl2NaO2. The van der Waals surface area contributed by atoms with Crippen LogP contribution >= 0.6 is 23.2 Å². The maximum atomic E-state index is 10.4. The number of hydrogen-bond acceptors (Lipinski definition) is 1. The molecule has 0 amide bonds. The molecule has 0 unspecified atom stereocenters. The second kappa shape index (κ2) is 5.10. The molecule has 12 heavy (non-hydrogen) atoms. The SMILES string of the molecule is O=C(O)c1ccc(Cl)cc1Cl.[NaH]. The summed E-state index contributed by atoms with van der Waals surface area (Å²) in [4.78, 5) is 10.4. The van der Waals surface area contributed by atoms with Gasteiger partial charge in [-0.1, -0.05) is 23.2 Å². The molecule has 0 saturated carbocycles. The van der Waals surface area contributed by atoms with E-state index in [2.05, 4.69) is 0 Å². The molecule has 1 aromatic rings. The molecule has 0 heterocycles. The van der Waals surface area contributed by atoms with Crippen molar-refractivity contribution in [2.75, 3.05) is 0 Å². The van der Waals surface area contributed by atoms with E-state index < -0.39 is 5.97 Å². The molecule has 1 rings (SSSR count). The summed E-state index contributed by atoms with van der Waals surface area (Å²) in [5.41, 5.74) is 0.0658. The minimum absolute atomic E-state index is 0. The van der Waals surface area contributed by atoms with Gasteiger partial charge in [0.1, 0.15) is 0 Å². The quantitative estimate of drug-likeness (QED) is 0.727. The van der Waals surface area contributed by atoms with E-state index in [9.17, 15) is 4.79 Å². The molecule has 2 nitrogen and oxygen atoms in total. The molecule has 0 atom stereocenters. The van der Waals surface area contributed by atoms with Crippen molar-refractivity contribution in [1.82, 2.24) is 0 Å². The Morgan fingerprint density at radius 3 is 2.33 bits per heavy atom. The molecule has 1 aromatic carbocycles. The summed E-state index contributed by atoms with van der Waals surface area (Å²) in [7, 11) is 0. The Bertz CT molecular complexity index is 301. The van der Waals surface area contributed by atoms with Crippen molar-refractivity contribution in [2.45, 2.75) is 0 Å². The van der Waals surface area contributed by atoms with Gasteiger partial charge in [-0.15, -0.1) is 0 Å². The number of hydrogen-bond donors (Lipinski definition) is 1. The Morgan fingerprint density at radius 2 is 1.92 bits per heavy atom. The van der Waals surface area contributed by atoms with Gasteiger partial charge in [-0.05, 0) is 18.2 Å². The van der Waals surface area contributed by atoms with Crippen LogP contribution in [0.4, 0.5) is 0 Å². The van der Waals surface area contributed by atoms with Crippen LogP contribution in [-0.2, 0) is 0 Å². The second-order valence-corrected chi connectivity index (χ2v) is 2.77. The first-order valence-corrected chi connectivity index (χ1v) is 3.55. The molecule has 0 bridgehead atoms. The van der Waals surface area contributed by atoms with Gasteiger partial charge >= 0.3 is 35.5 Å². The molecule has 0 spiro atoms. The van der Waals surface area contributed by atoms with Crippen LogP contribution in [0.25, 0.3) is 0 Å². The summed E-state index contributed by atoms with van der Waals surface area (Å²) in [5, 5.41) is 9.12. The summed E-state index contributed by atoms with van der Waals surface area (Å²) in [6.07, 6.45) is 0. The normalized spacial score (nSPS) is 8.83. The van der Waals surface area contributed by atoms with Crippen molar-refractivity contribution in [3.05, 3.63) is 33.8 Å². The average Bonchev–Trinajstić information content (AvgIpc) is 1.85. The van der Waals surface area contributed by atoms with E-state index in [1.807, 2.05) is 0 Å². The molecule has 0 radical (unpaired) electrons. The maximum absolute atomic E-state index is 10.4. The first-order chi connectivity index (χ1) is 5.11. The zero-order chi connectivity index (χ0) is 8.43. The molecule has 0 aliphatic rings. The van der Waals surface area contributed by atoms with E-state index in [1.165, 1.54) is 18.2 Å². The van der Waals surface area contributed by atoms with Crippen molar-refractivity contribution in [1.29, 1.82) is 0 Å². The predicted octanol–water partition coefficient (Wildman–Crippen LogP) is 2.04. The van der Waals surface area contributed by atoms with Crippen LogP contribution in [-0.4, -0.2) is 40.6 Å². The average molecular weight is 215 g/mol. The third-order valence-electron chi connectivity index (χ3n) is 1.16. The van der Waals surface area contributed by atoms with Crippen molar-refractivity contribution < 1.29 is 9.90 Å². The zero-order valence-electron chi connectivity index (χ0n) is 5.34. The molecule has 0 fully saturated rings. The molecule has 1 N–H and O–H groups in total. The van der Waals surface area contributed by atoms with Crippen LogP contribution < -0.4 is 0 Å². The van der Waals surface area contributed by atoms with E-state index in [-0.39, 0.29) is 40.1 Å². The number of benzene rings is 1. The van der Waals surface area contributed by atoms with E-state index in [1.54, 1.807) is 0 Å². The van der Waals surface area contributed by atoms with Gasteiger partial charge in [-0.3, -0.25) is 0 Å². The molecule has 0 aromatic heterocycles. The third-order valence-corrected chi connectivity index (χ3v) is 1.71. The van der Waals surface area contributed by atoms with Crippen molar-refractivity contribution >= 4 is 58.7 Å². The van der Waals surface area contributed by atoms with Gasteiger partial charge in [0.2, 0.25) is 0 Å². The predicted molar refractivity (Wildman–Crippen MR) is 50.6 cm³/mol. The molecule has 0 saturated heterocycles. The van der Waals surface area contributed by atoms with Gasteiger partial charge in [0, 0.05) is 5.02 Å². The number of rotatable bonds is 1. The number of carboxylic acid groups (broad SMARTS) is 1. The summed E-state index contributed by atoms with van der Waals surface area (Å²) >= 11 is 11.1. The topological polar surface area (TPSA) is 37.3 Å². The molecule has 0 aliphatic carbocycles. The molecule has 60 valence electrons. The fourth-order valence-electron chi connectivity index (χ4n) is 0.663. The van der Waals surface area contributed by atoms with E-state index >= 15 is 0 Å². The summed E-state index contributed by atoms with van der Waals surface area (Å²) in [6, 6.07) is 4.25. The summed E-state index contributed by atoms with van der Waals surface area (Å²) < 4.78 is 0. The molecule has 5 heteroatoms. The fraction of sp³-hybridized carbons (Fsp3) is 0. The van der Waals surface area contributed by atoms with Crippen LogP contribution in [0.5, 0.6) is 0 Å². The van der Waals surface area contributed by atoms with Crippen LogP contribution in [0.2, 0.25) is 10.0 Å². The Kier molecular flexibility index (Phi) is 5.21. The minimum atomic E-state index is -1.05.